The van der Waals surface area contributed by atoms with Crippen LogP contribution in [0.2, 0.25) is 4.47 Å². The van der Waals surface area contributed by atoms with Crippen molar-refractivity contribution in [3.05, 3.63) is 21.2 Å². The number of hydrogen-bond acceptors (Lipinski definition) is 8. The van der Waals surface area contributed by atoms with Gasteiger partial charge in [-0.05, 0) is 12.8 Å². The van der Waals surface area contributed by atoms with Gasteiger partial charge in [0.2, 0.25) is 11.9 Å². The van der Waals surface area contributed by atoms with Crippen LogP contribution in [-0.2, 0) is 4.79 Å². The number of likely N-dealkylation sites (tertiary alicyclic amines) is 1. The van der Waals surface area contributed by atoms with Crippen molar-refractivity contribution in [3.63, 3.8) is 0 Å². The summed E-state index contributed by atoms with van der Waals surface area (Å²) in [5.41, 5.74) is 1.35. The zero-order valence-electron chi connectivity index (χ0n) is 16.6. The fourth-order valence-corrected chi connectivity index (χ4v) is 4.61. The molecule has 29 heavy (non-hydrogen) atoms. The van der Waals surface area contributed by atoms with Crippen molar-refractivity contribution in [1.82, 2.24) is 19.9 Å². The van der Waals surface area contributed by atoms with Gasteiger partial charge in [0.1, 0.15) is 16.6 Å². The number of anilines is 3. The monoisotopic (exact) mass is 435 g/mol. The van der Waals surface area contributed by atoms with Crippen LogP contribution in [0.4, 0.5) is 17.5 Å². The Labute approximate surface area is 177 Å². The molecule has 1 atom stereocenters. The minimum Gasteiger partial charge on any atom is -0.348 e. The number of likely N-dealkylation sites (N-methyl/N-ethyl adjacent to an activating group) is 1. The molecule has 1 fully saturated rings. The van der Waals surface area contributed by atoms with Gasteiger partial charge in [0.15, 0.2) is 10.3 Å². The van der Waals surface area contributed by atoms with E-state index in [4.69, 9.17) is 11.6 Å². The first-order valence-corrected chi connectivity index (χ1v) is 10.5. The van der Waals surface area contributed by atoms with Gasteiger partial charge < -0.3 is 20.4 Å². The molecule has 11 heteroatoms. The quantitative estimate of drug-likeness (QED) is 0.758. The number of aryl methyl sites for hydroxylation is 1. The Balaban J connectivity index is 1.45. The van der Waals surface area contributed by atoms with Gasteiger partial charge in [-0.2, -0.15) is 4.98 Å². The zero-order valence-corrected chi connectivity index (χ0v) is 18.1. The summed E-state index contributed by atoms with van der Waals surface area (Å²) in [7, 11) is 1.88. The predicted molar refractivity (Wildman–Crippen MR) is 113 cm³/mol. The molecule has 2 aromatic rings. The van der Waals surface area contributed by atoms with E-state index >= 15 is 0 Å². The molecule has 0 spiro atoms. The first-order chi connectivity index (χ1) is 13.7. The van der Waals surface area contributed by atoms with Gasteiger partial charge in [0, 0.05) is 20.1 Å². The van der Waals surface area contributed by atoms with Crippen LogP contribution in [0.3, 0.4) is 0 Å². The van der Waals surface area contributed by atoms with Crippen molar-refractivity contribution in [2.24, 2.45) is 5.92 Å². The first kappa shape index (κ1) is 19.8. The van der Waals surface area contributed by atoms with Crippen molar-refractivity contribution in [1.29, 1.82) is 0 Å². The second-order valence-electron chi connectivity index (χ2n) is 7.65. The molecule has 2 N–H and O–H groups in total. The summed E-state index contributed by atoms with van der Waals surface area (Å²) in [6.45, 7) is 6.97. The number of nitrogens with zero attached hydrogens (tertiary/aromatic N) is 5. The number of hydrogen-bond donors (Lipinski definition) is 2. The van der Waals surface area contributed by atoms with Crippen LogP contribution in [0.5, 0.6) is 0 Å². The maximum Gasteiger partial charge on any atom is 0.265 e. The Morgan fingerprint density at radius 1 is 1.38 bits per heavy atom. The number of fused-ring (bicyclic) bond motifs is 1. The topological polar surface area (TPSA) is 103 Å². The van der Waals surface area contributed by atoms with Gasteiger partial charge in [-0.15, -0.1) is 0 Å². The lowest BCUT2D eigenvalue weighted by Crippen LogP contribution is -2.57. The van der Waals surface area contributed by atoms with E-state index in [-0.39, 0.29) is 29.8 Å². The summed E-state index contributed by atoms with van der Waals surface area (Å²) in [4.78, 5) is 42.0. The van der Waals surface area contributed by atoms with Gasteiger partial charge in [0.05, 0.1) is 17.9 Å². The standard InChI is InChI=1S/C18H22ClN7O2S/c1-8(2)13-15(27)23-12-9(3)21-18(24-14(12)25(13)4)22-10-6-26(7-10)16(28)11-5-20-17(19)29-11/h5,8,10,13H,6-7H2,1-4H3,(H,23,27)(H,21,22,24)/t13-/m0/s1. The Morgan fingerprint density at radius 3 is 2.72 bits per heavy atom. The molecule has 2 amide bonds. The summed E-state index contributed by atoms with van der Waals surface area (Å²) in [5.74, 6) is 1.22. The number of amides is 2. The van der Waals surface area contributed by atoms with Crippen LogP contribution < -0.4 is 15.5 Å². The van der Waals surface area contributed by atoms with Gasteiger partial charge in [-0.1, -0.05) is 36.8 Å². The molecule has 2 aliphatic heterocycles. The molecular formula is C18H22ClN7O2S. The highest BCUT2D eigenvalue weighted by molar-refractivity contribution is 7.17. The Hall–Kier alpha value is -2.46. The lowest BCUT2D eigenvalue weighted by atomic mass is 9.99. The summed E-state index contributed by atoms with van der Waals surface area (Å²) in [6, 6.07) is -0.225. The second kappa shape index (κ2) is 7.42. The summed E-state index contributed by atoms with van der Waals surface area (Å²) in [5, 5.41) is 6.23. The SMILES string of the molecule is Cc1nc(NC2CN(C(=O)c3cnc(Cl)s3)C2)nc2c1NC(=O)[C@H](C(C)C)N2C. The lowest BCUT2D eigenvalue weighted by molar-refractivity contribution is -0.118. The number of carbonyl (C=O) groups is 2. The van der Waals surface area contributed by atoms with Gasteiger partial charge in [0.25, 0.3) is 5.91 Å². The van der Waals surface area contributed by atoms with E-state index in [0.717, 1.165) is 0 Å². The molecule has 0 saturated carbocycles. The van der Waals surface area contributed by atoms with E-state index < -0.39 is 0 Å². The normalized spacial score (nSPS) is 19.1. The Morgan fingerprint density at radius 2 is 2.10 bits per heavy atom. The van der Waals surface area contributed by atoms with E-state index in [9.17, 15) is 9.59 Å². The smallest absolute Gasteiger partial charge is 0.265 e. The van der Waals surface area contributed by atoms with Crippen molar-refractivity contribution in [2.75, 3.05) is 35.7 Å². The largest absolute Gasteiger partial charge is 0.348 e. The minimum atomic E-state index is -0.285. The molecule has 2 aliphatic rings. The number of carbonyl (C=O) groups excluding carboxylic acids is 2. The van der Waals surface area contributed by atoms with E-state index in [1.54, 1.807) is 4.90 Å². The van der Waals surface area contributed by atoms with Crippen molar-refractivity contribution >= 4 is 52.2 Å². The molecule has 0 aliphatic carbocycles. The third kappa shape index (κ3) is 3.62. The molecule has 2 aromatic heterocycles. The number of thiazole rings is 1. The van der Waals surface area contributed by atoms with Crippen LogP contribution in [0.15, 0.2) is 6.20 Å². The third-order valence-electron chi connectivity index (χ3n) is 5.16. The Kier molecular flexibility index (Phi) is 5.07. The van der Waals surface area contributed by atoms with Crippen LogP contribution >= 0.6 is 22.9 Å². The molecular weight excluding hydrogens is 414 g/mol. The minimum absolute atomic E-state index is 0.0428. The highest BCUT2D eigenvalue weighted by Crippen LogP contribution is 2.34. The molecule has 0 radical (unpaired) electrons. The maximum absolute atomic E-state index is 12.4. The number of nitrogens with one attached hydrogen (secondary N) is 2. The highest BCUT2D eigenvalue weighted by Gasteiger charge is 2.36. The number of aromatic nitrogens is 3. The van der Waals surface area contributed by atoms with Crippen LogP contribution in [0, 0.1) is 12.8 Å². The van der Waals surface area contributed by atoms with Crippen molar-refractivity contribution in [2.45, 2.75) is 32.9 Å². The first-order valence-electron chi connectivity index (χ1n) is 9.34. The summed E-state index contributed by atoms with van der Waals surface area (Å²) >= 11 is 6.98. The third-order valence-corrected chi connectivity index (χ3v) is 6.26. The van der Waals surface area contributed by atoms with E-state index in [0.29, 0.717) is 45.6 Å². The summed E-state index contributed by atoms with van der Waals surface area (Å²) in [6.07, 6.45) is 1.50. The maximum atomic E-state index is 12.4. The van der Waals surface area contributed by atoms with Crippen LogP contribution in [0.25, 0.3) is 0 Å². The van der Waals surface area contributed by atoms with Gasteiger partial charge in [-0.3, -0.25) is 9.59 Å². The lowest BCUT2D eigenvalue weighted by Gasteiger charge is -2.40. The predicted octanol–water partition coefficient (Wildman–Crippen LogP) is 2.24. The molecule has 1 saturated heterocycles. The fraction of sp³-hybridized carbons (Fsp3) is 0.500. The van der Waals surface area contributed by atoms with Crippen molar-refractivity contribution < 1.29 is 9.59 Å². The van der Waals surface area contributed by atoms with Crippen LogP contribution in [-0.4, -0.2) is 63.9 Å². The van der Waals surface area contributed by atoms with E-state index in [1.807, 2.05) is 32.7 Å². The summed E-state index contributed by atoms with van der Waals surface area (Å²) < 4.78 is 0.359. The molecule has 9 nitrogen and oxygen atoms in total. The second-order valence-corrected chi connectivity index (χ2v) is 9.26. The van der Waals surface area contributed by atoms with Gasteiger partial charge >= 0.3 is 0 Å². The van der Waals surface area contributed by atoms with E-state index in [1.165, 1.54) is 17.5 Å². The Bertz CT molecular complexity index is 973. The highest BCUT2D eigenvalue weighted by atomic mass is 35.5. The van der Waals surface area contributed by atoms with Crippen LogP contribution in [0.1, 0.15) is 29.2 Å². The molecule has 0 aromatic carbocycles. The molecule has 0 unspecified atom stereocenters. The number of rotatable bonds is 4. The average Bonchev–Trinajstić information content (AvgIpc) is 3.04. The zero-order chi connectivity index (χ0) is 20.9. The molecule has 0 bridgehead atoms. The van der Waals surface area contributed by atoms with E-state index in [2.05, 4.69) is 25.6 Å². The molecule has 4 rings (SSSR count). The molecule has 4 heterocycles. The average molecular weight is 436 g/mol. The number of halogens is 1. The van der Waals surface area contributed by atoms with Crippen molar-refractivity contribution in [3.8, 4) is 0 Å². The molecule has 154 valence electrons. The van der Waals surface area contributed by atoms with Gasteiger partial charge in [-0.25, -0.2) is 9.97 Å². The fourth-order valence-electron chi connectivity index (χ4n) is 3.70.